The molecule has 1 rings (SSSR count). The molecular formula is C11H21F3N2. The molecule has 0 saturated heterocycles. The van der Waals surface area contributed by atoms with Gasteiger partial charge in [0.2, 0.25) is 0 Å². The maximum absolute atomic E-state index is 12.4. The Bertz CT molecular complexity index is 212. The van der Waals surface area contributed by atoms with Gasteiger partial charge in [-0.3, -0.25) is 4.90 Å². The molecule has 1 unspecified atom stereocenters. The molecular weight excluding hydrogens is 217 g/mol. The highest BCUT2D eigenvalue weighted by atomic mass is 19.4. The standard InChI is InChI=1S/C11H21F3N2/c1-8(2)9(5-15)6-16(10-3-4-10)7-11(12,13)14/h8-10H,3-7,15H2,1-2H3. The van der Waals surface area contributed by atoms with Gasteiger partial charge in [0, 0.05) is 12.6 Å². The molecule has 1 fully saturated rings. The highest BCUT2D eigenvalue weighted by Crippen LogP contribution is 2.31. The third-order valence-corrected chi connectivity index (χ3v) is 3.16. The Balaban J connectivity index is 2.50. The largest absolute Gasteiger partial charge is 0.401 e. The monoisotopic (exact) mass is 238 g/mol. The SMILES string of the molecule is CC(C)C(CN)CN(CC(F)(F)F)C1CC1. The maximum Gasteiger partial charge on any atom is 0.401 e. The van der Waals surface area contributed by atoms with E-state index < -0.39 is 12.7 Å². The van der Waals surface area contributed by atoms with E-state index in [1.165, 1.54) is 0 Å². The molecule has 1 atom stereocenters. The quantitative estimate of drug-likeness (QED) is 0.769. The van der Waals surface area contributed by atoms with Crippen LogP contribution in [0.2, 0.25) is 0 Å². The van der Waals surface area contributed by atoms with Crippen LogP contribution in [0.3, 0.4) is 0 Å². The van der Waals surface area contributed by atoms with Crippen molar-refractivity contribution in [3.05, 3.63) is 0 Å². The van der Waals surface area contributed by atoms with Gasteiger partial charge in [-0.25, -0.2) is 0 Å². The van der Waals surface area contributed by atoms with Crippen LogP contribution in [0.15, 0.2) is 0 Å². The van der Waals surface area contributed by atoms with Crippen molar-refractivity contribution in [3.63, 3.8) is 0 Å². The Kier molecular flexibility index (Phi) is 4.62. The van der Waals surface area contributed by atoms with E-state index in [4.69, 9.17) is 5.73 Å². The third kappa shape index (κ3) is 4.70. The number of hydrogen-bond acceptors (Lipinski definition) is 2. The van der Waals surface area contributed by atoms with Gasteiger partial charge in [-0.1, -0.05) is 13.8 Å². The molecule has 1 aliphatic carbocycles. The lowest BCUT2D eigenvalue weighted by molar-refractivity contribution is -0.148. The van der Waals surface area contributed by atoms with E-state index in [0.717, 1.165) is 12.8 Å². The Morgan fingerprint density at radius 3 is 2.19 bits per heavy atom. The first-order valence-corrected chi connectivity index (χ1v) is 5.84. The van der Waals surface area contributed by atoms with Crippen LogP contribution in [-0.4, -0.2) is 36.8 Å². The molecule has 0 aliphatic heterocycles. The lowest BCUT2D eigenvalue weighted by atomic mass is 9.95. The van der Waals surface area contributed by atoms with Gasteiger partial charge in [-0.2, -0.15) is 13.2 Å². The minimum absolute atomic E-state index is 0.134. The summed E-state index contributed by atoms with van der Waals surface area (Å²) in [6.07, 6.45) is -2.31. The number of hydrogen-bond donors (Lipinski definition) is 1. The van der Waals surface area contributed by atoms with Crippen molar-refractivity contribution in [1.82, 2.24) is 4.90 Å². The number of nitrogens with zero attached hydrogens (tertiary/aromatic N) is 1. The summed E-state index contributed by atoms with van der Waals surface area (Å²) in [6.45, 7) is 4.16. The van der Waals surface area contributed by atoms with Crippen LogP contribution in [-0.2, 0) is 0 Å². The van der Waals surface area contributed by atoms with Gasteiger partial charge in [-0.05, 0) is 31.2 Å². The average molecular weight is 238 g/mol. The van der Waals surface area contributed by atoms with Gasteiger partial charge in [0.25, 0.3) is 0 Å². The summed E-state index contributed by atoms with van der Waals surface area (Å²) in [5.41, 5.74) is 5.60. The second kappa shape index (κ2) is 5.36. The fraction of sp³-hybridized carbons (Fsp3) is 1.00. The van der Waals surface area contributed by atoms with Crippen molar-refractivity contribution in [2.45, 2.75) is 38.9 Å². The van der Waals surface area contributed by atoms with Gasteiger partial charge in [0.15, 0.2) is 0 Å². The van der Waals surface area contributed by atoms with E-state index >= 15 is 0 Å². The maximum atomic E-state index is 12.4. The summed E-state index contributed by atoms with van der Waals surface area (Å²) in [5, 5.41) is 0. The van der Waals surface area contributed by atoms with E-state index in [1.807, 2.05) is 13.8 Å². The molecule has 0 heterocycles. The lowest BCUT2D eigenvalue weighted by Crippen LogP contribution is -2.42. The summed E-state index contributed by atoms with van der Waals surface area (Å²) < 4.78 is 37.1. The summed E-state index contributed by atoms with van der Waals surface area (Å²) in [6, 6.07) is 0.134. The summed E-state index contributed by atoms with van der Waals surface area (Å²) in [5.74, 6) is 0.488. The molecule has 0 aromatic rings. The van der Waals surface area contributed by atoms with Crippen LogP contribution in [0.1, 0.15) is 26.7 Å². The molecule has 0 aromatic carbocycles. The van der Waals surface area contributed by atoms with Crippen molar-refractivity contribution in [2.75, 3.05) is 19.6 Å². The molecule has 2 N–H and O–H groups in total. The molecule has 0 aromatic heterocycles. The van der Waals surface area contributed by atoms with E-state index in [9.17, 15) is 13.2 Å². The zero-order chi connectivity index (χ0) is 12.3. The van der Waals surface area contributed by atoms with Crippen LogP contribution in [0.25, 0.3) is 0 Å². The predicted octanol–water partition coefficient (Wildman–Crippen LogP) is 2.24. The molecule has 96 valence electrons. The predicted molar refractivity (Wildman–Crippen MR) is 58.0 cm³/mol. The van der Waals surface area contributed by atoms with Gasteiger partial charge in [-0.15, -0.1) is 0 Å². The molecule has 5 heteroatoms. The third-order valence-electron chi connectivity index (χ3n) is 3.16. The molecule has 0 bridgehead atoms. The topological polar surface area (TPSA) is 29.3 Å². The molecule has 0 spiro atoms. The van der Waals surface area contributed by atoms with E-state index in [-0.39, 0.29) is 12.0 Å². The van der Waals surface area contributed by atoms with Crippen molar-refractivity contribution in [3.8, 4) is 0 Å². The molecule has 16 heavy (non-hydrogen) atoms. The van der Waals surface area contributed by atoms with Crippen molar-refractivity contribution in [2.24, 2.45) is 17.6 Å². The molecule has 0 radical (unpaired) electrons. The summed E-state index contributed by atoms with van der Waals surface area (Å²) in [4.78, 5) is 1.55. The van der Waals surface area contributed by atoms with Crippen LogP contribution in [0.4, 0.5) is 13.2 Å². The first-order chi connectivity index (χ1) is 7.33. The molecule has 0 amide bonds. The highest BCUT2D eigenvalue weighted by molar-refractivity contribution is 4.87. The van der Waals surface area contributed by atoms with Crippen LogP contribution >= 0.6 is 0 Å². The van der Waals surface area contributed by atoms with E-state index in [1.54, 1.807) is 4.90 Å². The summed E-state index contributed by atoms with van der Waals surface area (Å²) in [7, 11) is 0. The molecule has 1 saturated carbocycles. The smallest absolute Gasteiger partial charge is 0.330 e. The average Bonchev–Trinajstić information content (AvgIpc) is 2.92. The fourth-order valence-corrected chi connectivity index (χ4v) is 1.87. The van der Waals surface area contributed by atoms with Crippen LogP contribution in [0.5, 0.6) is 0 Å². The number of alkyl halides is 3. The second-order valence-electron chi connectivity index (χ2n) is 5.02. The van der Waals surface area contributed by atoms with E-state index in [2.05, 4.69) is 0 Å². The molecule has 1 aliphatic rings. The Morgan fingerprint density at radius 1 is 1.31 bits per heavy atom. The van der Waals surface area contributed by atoms with Gasteiger partial charge in [0.1, 0.15) is 0 Å². The minimum atomic E-state index is -4.10. The van der Waals surface area contributed by atoms with Gasteiger partial charge < -0.3 is 5.73 Å². The van der Waals surface area contributed by atoms with Crippen molar-refractivity contribution >= 4 is 0 Å². The minimum Gasteiger partial charge on any atom is -0.330 e. The number of halogens is 3. The number of rotatable bonds is 6. The Morgan fingerprint density at radius 2 is 1.88 bits per heavy atom. The van der Waals surface area contributed by atoms with Crippen molar-refractivity contribution in [1.29, 1.82) is 0 Å². The molecule has 2 nitrogen and oxygen atoms in total. The zero-order valence-corrected chi connectivity index (χ0v) is 9.93. The van der Waals surface area contributed by atoms with Crippen molar-refractivity contribution < 1.29 is 13.2 Å². The Labute approximate surface area is 95.0 Å². The van der Waals surface area contributed by atoms with Crippen LogP contribution < -0.4 is 5.73 Å². The lowest BCUT2D eigenvalue weighted by Gasteiger charge is -2.29. The van der Waals surface area contributed by atoms with Gasteiger partial charge >= 0.3 is 6.18 Å². The second-order valence-corrected chi connectivity index (χ2v) is 5.02. The number of nitrogens with two attached hydrogens (primary N) is 1. The Hall–Kier alpha value is -0.290. The highest BCUT2D eigenvalue weighted by Gasteiger charge is 2.38. The van der Waals surface area contributed by atoms with Gasteiger partial charge in [0.05, 0.1) is 6.54 Å². The zero-order valence-electron chi connectivity index (χ0n) is 9.93. The summed E-state index contributed by atoms with van der Waals surface area (Å²) >= 11 is 0. The van der Waals surface area contributed by atoms with E-state index in [0.29, 0.717) is 19.0 Å². The fourth-order valence-electron chi connectivity index (χ4n) is 1.87. The van der Waals surface area contributed by atoms with Crippen LogP contribution in [0, 0.1) is 11.8 Å². The first kappa shape index (κ1) is 13.8. The first-order valence-electron chi connectivity index (χ1n) is 5.84. The normalized spacial score (nSPS) is 19.5.